The van der Waals surface area contributed by atoms with E-state index in [1.165, 1.54) is 5.56 Å². The topological polar surface area (TPSA) is 59.0 Å². The third-order valence-corrected chi connectivity index (χ3v) is 3.99. The smallest absolute Gasteiger partial charge is 0.326 e. The maximum atomic E-state index is 11.9. The second-order valence-electron chi connectivity index (χ2n) is 5.61. The van der Waals surface area contributed by atoms with Crippen molar-refractivity contribution < 1.29 is 19.5 Å². The Balaban J connectivity index is 1.78. The standard InChI is InChI=1S/C15H19NO4/c1-9-3-5-11(6-4-9)7-16-13-12(8-19-15(13)18)14(20-16)10(2)17/h3-6,10,12-14,17H,7-8H2,1-2H3/t10?,12-,13-,14?/m0/s1. The molecule has 2 aliphatic heterocycles. The summed E-state index contributed by atoms with van der Waals surface area (Å²) in [5, 5.41) is 11.4. The highest BCUT2D eigenvalue weighted by Gasteiger charge is 2.54. The largest absolute Gasteiger partial charge is 0.464 e. The van der Waals surface area contributed by atoms with Crippen LogP contribution in [0.15, 0.2) is 24.3 Å². The van der Waals surface area contributed by atoms with E-state index in [2.05, 4.69) is 0 Å². The molecule has 2 aliphatic rings. The molecule has 0 spiro atoms. The van der Waals surface area contributed by atoms with Crippen LogP contribution in [0.2, 0.25) is 0 Å². The highest BCUT2D eigenvalue weighted by molar-refractivity contribution is 5.78. The van der Waals surface area contributed by atoms with Crippen molar-refractivity contribution in [2.24, 2.45) is 5.92 Å². The van der Waals surface area contributed by atoms with E-state index >= 15 is 0 Å². The van der Waals surface area contributed by atoms with Crippen molar-refractivity contribution in [2.75, 3.05) is 6.61 Å². The van der Waals surface area contributed by atoms with Gasteiger partial charge in [0.25, 0.3) is 0 Å². The number of hydroxylamine groups is 2. The molecule has 0 bridgehead atoms. The molecule has 2 unspecified atom stereocenters. The predicted octanol–water partition coefficient (Wildman–Crippen LogP) is 1.03. The Bertz CT molecular complexity index is 499. The first-order valence-electron chi connectivity index (χ1n) is 6.90. The molecule has 1 N–H and O–H groups in total. The zero-order valence-corrected chi connectivity index (χ0v) is 11.7. The molecule has 0 radical (unpaired) electrons. The van der Waals surface area contributed by atoms with Gasteiger partial charge >= 0.3 is 5.97 Å². The SMILES string of the molecule is Cc1ccc(CN2OC(C(C)O)[C@H]3COC(=O)[C@H]32)cc1. The van der Waals surface area contributed by atoms with Gasteiger partial charge in [-0.2, -0.15) is 5.06 Å². The highest BCUT2D eigenvalue weighted by Crippen LogP contribution is 2.35. The Morgan fingerprint density at radius 2 is 2.10 bits per heavy atom. The van der Waals surface area contributed by atoms with E-state index in [0.29, 0.717) is 13.2 Å². The minimum atomic E-state index is -0.625. The van der Waals surface area contributed by atoms with Gasteiger partial charge in [-0.3, -0.25) is 9.63 Å². The number of hydrogen-bond donors (Lipinski definition) is 1. The predicted molar refractivity (Wildman–Crippen MR) is 71.5 cm³/mol. The average molecular weight is 277 g/mol. The van der Waals surface area contributed by atoms with Gasteiger partial charge in [-0.15, -0.1) is 0 Å². The van der Waals surface area contributed by atoms with Crippen LogP contribution in [-0.4, -0.2) is 41.0 Å². The summed E-state index contributed by atoms with van der Waals surface area (Å²) in [7, 11) is 0. The summed E-state index contributed by atoms with van der Waals surface area (Å²) < 4.78 is 5.12. The maximum Gasteiger partial charge on any atom is 0.326 e. The van der Waals surface area contributed by atoms with Gasteiger partial charge in [0, 0.05) is 0 Å². The van der Waals surface area contributed by atoms with Gasteiger partial charge in [0.2, 0.25) is 0 Å². The summed E-state index contributed by atoms with van der Waals surface area (Å²) in [5.41, 5.74) is 2.26. The Kier molecular flexibility index (Phi) is 3.50. The van der Waals surface area contributed by atoms with E-state index < -0.39 is 12.1 Å². The number of aliphatic hydroxyl groups is 1. The molecule has 20 heavy (non-hydrogen) atoms. The zero-order chi connectivity index (χ0) is 14.3. The Hall–Kier alpha value is -1.43. The normalized spacial score (nSPS) is 31.1. The molecule has 3 rings (SSSR count). The maximum absolute atomic E-state index is 11.9. The van der Waals surface area contributed by atoms with E-state index in [9.17, 15) is 9.90 Å². The van der Waals surface area contributed by atoms with Crippen molar-refractivity contribution in [1.29, 1.82) is 0 Å². The lowest BCUT2D eigenvalue weighted by Crippen LogP contribution is -2.35. The minimum absolute atomic E-state index is 0.0899. The van der Waals surface area contributed by atoms with E-state index in [1.54, 1.807) is 12.0 Å². The summed E-state index contributed by atoms with van der Waals surface area (Å²) >= 11 is 0. The highest BCUT2D eigenvalue weighted by atomic mass is 16.7. The number of benzene rings is 1. The summed E-state index contributed by atoms with van der Waals surface area (Å²) in [5.74, 6) is -0.349. The van der Waals surface area contributed by atoms with Crippen molar-refractivity contribution in [1.82, 2.24) is 5.06 Å². The van der Waals surface area contributed by atoms with Crippen LogP contribution < -0.4 is 0 Å². The average Bonchev–Trinajstić information content (AvgIpc) is 2.95. The lowest BCUT2D eigenvalue weighted by Gasteiger charge is -2.21. The van der Waals surface area contributed by atoms with Crippen LogP contribution >= 0.6 is 0 Å². The van der Waals surface area contributed by atoms with Crippen LogP contribution in [0.5, 0.6) is 0 Å². The third kappa shape index (κ3) is 2.32. The molecule has 0 aromatic heterocycles. The molecular formula is C15H19NO4. The van der Waals surface area contributed by atoms with Gasteiger partial charge in [0.15, 0.2) is 0 Å². The van der Waals surface area contributed by atoms with E-state index in [0.717, 1.165) is 5.56 Å². The fourth-order valence-corrected chi connectivity index (χ4v) is 2.89. The van der Waals surface area contributed by atoms with Crippen LogP contribution in [0, 0.1) is 12.8 Å². The summed E-state index contributed by atoms with van der Waals surface area (Å²) in [6.45, 7) is 4.55. The fourth-order valence-electron chi connectivity index (χ4n) is 2.89. The minimum Gasteiger partial charge on any atom is -0.464 e. The van der Waals surface area contributed by atoms with E-state index in [4.69, 9.17) is 9.57 Å². The van der Waals surface area contributed by atoms with Crippen molar-refractivity contribution in [2.45, 2.75) is 38.6 Å². The molecule has 2 saturated heterocycles. The van der Waals surface area contributed by atoms with Crippen LogP contribution in [0.1, 0.15) is 18.1 Å². The number of rotatable bonds is 3. The third-order valence-electron chi connectivity index (χ3n) is 3.99. The number of ether oxygens (including phenoxy) is 1. The van der Waals surface area contributed by atoms with E-state index in [-0.39, 0.29) is 18.0 Å². The second kappa shape index (κ2) is 5.16. The molecule has 5 nitrogen and oxygen atoms in total. The van der Waals surface area contributed by atoms with Crippen molar-refractivity contribution in [3.8, 4) is 0 Å². The van der Waals surface area contributed by atoms with Crippen molar-refractivity contribution in [3.63, 3.8) is 0 Å². The Labute approximate surface area is 118 Å². The van der Waals surface area contributed by atoms with Gasteiger partial charge < -0.3 is 9.84 Å². The molecule has 0 amide bonds. The second-order valence-corrected chi connectivity index (χ2v) is 5.61. The van der Waals surface area contributed by atoms with Crippen molar-refractivity contribution in [3.05, 3.63) is 35.4 Å². The van der Waals surface area contributed by atoms with Crippen LogP contribution in [0.4, 0.5) is 0 Å². The number of esters is 1. The first-order valence-corrected chi connectivity index (χ1v) is 6.90. The number of carbonyl (C=O) groups is 1. The van der Waals surface area contributed by atoms with Gasteiger partial charge in [-0.05, 0) is 19.4 Å². The van der Waals surface area contributed by atoms with Crippen molar-refractivity contribution >= 4 is 5.97 Å². The van der Waals surface area contributed by atoms with Gasteiger partial charge in [0.1, 0.15) is 12.1 Å². The molecule has 1 aromatic carbocycles. The van der Waals surface area contributed by atoms with Crippen LogP contribution in [0.3, 0.4) is 0 Å². The van der Waals surface area contributed by atoms with Gasteiger partial charge in [0.05, 0.1) is 25.2 Å². The number of hydrogen-bond acceptors (Lipinski definition) is 5. The zero-order valence-electron chi connectivity index (χ0n) is 11.7. The van der Waals surface area contributed by atoms with Crippen LogP contribution in [-0.2, 0) is 20.9 Å². The molecule has 0 saturated carbocycles. The number of fused-ring (bicyclic) bond motifs is 1. The Morgan fingerprint density at radius 3 is 2.75 bits per heavy atom. The molecule has 2 fully saturated rings. The molecule has 0 aliphatic carbocycles. The number of aryl methyl sites for hydroxylation is 1. The monoisotopic (exact) mass is 277 g/mol. The fraction of sp³-hybridized carbons (Fsp3) is 0.533. The molecule has 108 valence electrons. The number of aliphatic hydroxyl groups excluding tert-OH is 1. The first-order chi connectivity index (χ1) is 9.56. The quantitative estimate of drug-likeness (QED) is 0.836. The molecule has 4 atom stereocenters. The number of carbonyl (C=O) groups excluding carboxylic acids is 1. The summed E-state index contributed by atoms with van der Waals surface area (Å²) in [6.07, 6.45) is -1.00. The molecular weight excluding hydrogens is 258 g/mol. The number of cyclic esters (lactones) is 1. The van der Waals surface area contributed by atoms with Crippen LogP contribution in [0.25, 0.3) is 0 Å². The molecule has 5 heteroatoms. The lowest BCUT2D eigenvalue weighted by atomic mass is 9.95. The van der Waals surface area contributed by atoms with Gasteiger partial charge in [-0.25, -0.2) is 0 Å². The Morgan fingerprint density at radius 1 is 1.40 bits per heavy atom. The molecule has 1 aromatic rings. The number of nitrogens with zero attached hydrogens (tertiary/aromatic N) is 1. The summed E-state index contributed by atoms with van der Waals surface area (Å²) in [6, 6.07) is 7.69. The first kappa shape index (κ1) is 13.5. The van der Waals surface area contributed by atoms with Gasteiger partial charge in [-0.1, -0.05) is 29.8 Å². The molecule has 2 heterocycles. The van der Waals surface area contributed by atoms with E-state index in [1.807, 2.05) is 31.2 Å². The summed E-state index contributed by atoms with van der Waals surface area (Å²) in [4.78, 5) is 17.6. The lowest BCUT2D eigenvalue weighted by molar-refractivity contribution is -0.202.